The van der Waals surface area contributed by atoms with Crippen molar-refractivity contribution in [3.63, 3.8) is 0 Å². The minimum absolute atomic E-state index is 0.0186. The molecule has 2 rings (SSSR count). The van der Waals surface area contributed by atoms with Crippen molar-refractivity contribution in [2.45, 2.75) is 142 Å². The predicted molar refractivity (Wildman–Crippen MR) is 230 cm³/mol. The van der Waals surface area contributed by atoms with Crippen LogP contribution in [0.3, 0.4) is 0 Å². The molecule has 6 amide bonds. The van der Waals surface area contributed by atoms with Crippen LogP contribution >= 0.6 is 0 Å². The molecule has 2 atom stereocenters. The maximum atomic E-state index is 12.9. The number of ether oxygens (including phenoxy) is 4. The summed E-state index contributed by atoms with van der Waals surface area (Å²) in [4.78, 5) is 102. The molecule has 18 nitrogen and oxygen atoms in total. The Morgan fingerprint density at radius 1 is 0.565 bits per heavy atom. The van der Waals surface area contributed by atoms with Crippen molar-refractivity contribution in [2.24, 2.45) is 0 Å². The Morgan fingerprint density at radius 3 is 1.27 bits per heavy atom. The summed E-state index contributed by atoms with van der Waals surface area (Å²) < 4.78 is 20.6. The maximum absolute atomic E-state index is 12.9. The molecule has 2 heterocycles. The summed E-state index contributed by atoms with van der Waals surface area (Å²) in [5.74, 6) is -2.05. The van der Waals surface area contributed by atoms with Gasteiger partial charge in [0.25, 0.3) is 0 Å². The third-order valence-electron chi connectivity index (χ3n) is 10.4. The second kappa shape index (κ2) is 31.7. The number of carbonyl (C=O) groups excluding carboxylic acids is 8. The Hall–Kier alpha value is -5.16. The quantitative estimate of drug-likeness (QED) is 0.0486. The fourth-order valence-electron chi connectivity index (χ4n) is 6.80. The van der Waals surface area contributed by atoms with Crippen molar-refractivity contribution in [2.75, 3.05) is 65.7 Å². The fraction of sp³-hybridized carbons (Fsp3) is 0.727. The average molecular weight is 877 g/mol. The van der Waals surface area contributed by atoms with E-state index in [1.807, 2.05) is 0 Å². The molecule has 0 bridgehead atoms. The molecule has 0 aromatic carbocycles. The van der Waals surface area contributed by atoms with E-state index in [1.54, 1.807) is 9.80 Å². The average Bonchev–Trinajstić information content (AvgIpc) is 3.24. The van der Waals surface area contributed by atoms with Crippen LogP contribution in [0.5, 0.6) is 0 Å². The van der Waals surface area contributed by atoms with Gasteiger partial charge in [0.05, 0.1) is 26.2 Å². The Kier molecular flexibility index (Phi) is 27.0. The van der Waals surface area contributed by atoms with Gasteiger partial charge in [-0.25, -0.2) is 28.8 Å². The molecule has 62 heavy (non-hydrogen) atoms. The highest BCUT2D eigenvalue weighted by Gasteiger charge is 2.26. The van der Waals surface area contributed by atoms with Gasteiger partial charge in [0, 0.05) is 37.1 Å². The lowest BCUT2D eigenvalue weighted by atomic mass is 10.0. The number of urea groups is 2. The molecule has 2 saturated heterocycles. The van der Waals surface area contributed by atoms with E-state index in [9.17, 15) is 38.4 Å². The first-order valence-corrected chi connectivity index (χ1v) is 22.4. The maximum Gasteiger partial charge on any atom is 0.333 e. The number of hydrogen-bond donors (Lipinski definition) is 4. The van der Waals surface area contributed by atoms with Crippen molar-refractivity contribution in [1.82, 2.24) is 31.1 Å². The molecule has 0 aromatic heterocycles. The van der Waals surface area contributed by atoms with E-state index in [4.69, 9.17) is 18.9 Å². The number of hydrogen-bond acceptors (Lipinski definition) is 12. The molecule has 2 fully saturated rings. The summed E-state index contributed by atoms with van der Waals surface area (Å²) in [7, 11) is 0. The third kappa shape index (κ3) is 23.7. The number of rotatable bonds is 23. The summed E-state index contributed by atoms with van der Waals surface area (Å²) in [5, 5.41) is 10.4. The van der Waals surface area contributed by atoms with Gasteiger partial charge in [-0.2, -0.15) is 0 Å². The van der Waals surface area contributed by atoms with Crippen molar-refractivity contribution < 1.29 is 57.3 Å². The van der Waals surface area contributed by atoms with E-state index in [0.717, 1.165) is 64.2 Å². The molecule has 0 radical (unpaired) electrons. The highest BCUT2D eigenvalue weighted by Crippen LogP contribution is 2.15. The van der Waals surface area contributed by atoms with Crippen LogP contribution < -0.4 is 21.3 Å². The lowest BCUT2D eigenvalue weighted by molar-refractivity contribution is -0.149. The molecule has 0 saturated carbocycles. The zero-order valence-corrected chi connectivity index (χ0v) is 37.2. The van der Waals surface area contributed by atoms with Crippen LogP contribution in [0.2, 0.25) is 0 Å². The van der Waals surface area contributed by atoms with Gasteiger partial charge in [0.15, 0.2) is 0 Å². The van der Waals surface area contributed by atoms with Crippen LogP contribution in [0.4, 0.5) is 9.59 Å². The molecule has 350 valence electrons. The number of nitrogens with one attached hydrogen (secondary N) is 4. The van der Waals surface area contributed by atoms with Gasteiger partial charge >= 0.3 is 35.9 Å². The first kappa shape index (κ1) is 53.0. The largest absolute Gasteiger partial charge is 0.462 e. The van der Waals surface area contributed by atoms with Crippen LogP contribution in [0.25, 0.3) is 0 Å². The van der Waals surface area contributed by atoms with Crippen LogP contribution in [-0.2, 0) is 47.7 Å². The molecule has 4 N–H and O–H groups in total. The van der Waals surface area contributed by atoms with Crippen LogP contribution in [0.15, 0.2) is 24.3 Å². The molecule has 2 aliphatic heterocycles. The van der Waals surface area contributed by atoms with Crippen molar-refractivity contribution in [3.8, 4) is 0 Å². The minimum atomic E-state index is -0.806. The molecular weight excluding hydrogens is 805 g/mol. The number of nitrogens with zero attached hydrogens (tertiary/aromatic N) is 2. The summed E-state index contributed by atoms with van der Waals surface area (Å²) in [6, 6.07) is -2.73. The summed E-state index contributed by atoms with van der Waals surface area (Å²) in [6.07, 6.45) is 14.5. The number of carbonyl (C=O) groups is 8. The number of esters is 4. The standard InChI is InChI=1S/C44H72N6O12/c1-33(2)39(53)59-29-23-45-43(57)47-35-19-15-17-25-49(27-31-61-41(35)55)37(51)21-13-11-9-7-5-6-8-10-12-14-22-38(52)50-26-18-16-20-36(42(56)62-32-28-50)48-44(58)46-24-30-60-40(54)34(3)4/h35-36H,1,3,5-32H2,2,4H3,(H2,45,47,57)(H2,46,48,58). The third-order valence-corrected chi connectivity index (χ3v) is 10.4. The lowest BCUT2D eigenvalue weighted by Crippen LogP contribution is -2.48. The Bertz CT molecular complexity index is 1380. The molecular formula is C44H72N6O12. The molecule has 2 aliphatic rings. The Balaban J connectivity index is 1.49. The van der Waals surface area contributed by atoms with Crippen LogP contribution in [0.1, 0.15) is 129 Å². The van der Waals surface area contributed by atoms with Gasteiger partial charge in [-0.05, 0) is 65.2 Å². The van der Waals surface area contributed by atoms with Gasteiger partial charge in [-0.15, -0.1) is 0 Å². The molecule has 0 spiro atoms. The Labute approximate surface area is 367 Å². The minimum Gasteiger partial charge on any atom is -0.462 e. The zero-order chi connectivity index (χ0) is 45.5. The van der Waals surface area contributed by atoms with E-state index >= 15 is 0 Å². The van der Waals surface area contributed by atoms with E-state index in [2.05, 4.69) is 34.4 Å². The fourth-order valence-corrected chi connectivity index (χ4v) is 6.80. The molecule has 0 aromatic rings. The Morgan fingerprint density at radius 2 is 0.919 bits per heavy atom. The SMILES string of the molecule is C=C(C)C(=O)OCCNC(=O)NC1CCCCN(C(=O)CCCCCCCCCCCCC(=O)N2CCCCC(NC(=O)NCCOC(=O)C(=C)C)C(=O)OCC2)CCOC1=O. The number of amides is 6. The van der Waals surface area contributed by atoms with Gasteiger partial charge in [-0.3, -0.25) is 9.59 Å². The summed E-state index contributed by atoms with van der Waals surface area (Å²) in [6.45, 7) is 12.0. The highest BCUT2D eigenvalue weighted by atomic mass is 16.5. The second-order valence-electron chi connectivity index (χ2n) is 15.9. The molecule has 2 unspecified atom stereocenters. The second-order valence-corrected chi connectivity index (χ2v) is 15.9. The van der Waals surface area contributed by atoms with Crippen molar-refractivity contribution >= 4 is 47.8 Å². The lowest BCUT2D eigenvalue weighted by Gasteiger charge is -2.26. The van der Waals surface area contributed by atoms with Gasteiger partial charge in [-0.1, -0.05) is 64.5 Å². The summed E-state index contributed by atoms with van der Waals surface area (Å²) >= 11 is 0. The van der Waals surface area contributed by atoms with Crippen molar-refractivity contribution in [3.05, 3.63) is 24.3 Å². The smallest absolute Gasteiger partial charge is 0.333 e. The topological polar surface area (TPSA) is 228 Å². The highest BCUT2D eigenvalue weighted by molar-refractivity contribution is 5.87. The van der Waals surface area contributed by atoms with Crippen LogP contribution in [-0.4, -0.2) is 135 Å². The van der Waals surface area contributed by atoms with E-state index in [1.165, 1.54) is 13.8 Å². The van der Waals surface area contributed by atoms with Crippen molar-refractivity contribution in [1.29, 1.82) is 0 Å². The van der Waals surface area contributed by atoms with Gasteiger partial charge in [0.1, 0.15) is 38.5 Å². The predicted octanol–water partition coefficient (Wildman–Crippen LogP) is 4.35. The van der Waals surface area contributed by atoms with Gasteiger partial charge in [0.2, 0.25) is 11.8 Å². The van der Waals surface area contributed by atoms with E-state index in [0.29, 0.717) is 77.5 Å². The van der Waals surface area contributed by atoms with E-state index in [-0.39, 0.29) is 62.5 Å². The first-order valence-electron chi connectivity index (χ1n) is 22.4. The first-order chi connectivity index (χ1) is 29.8. The van der Waals surface area contributed by atoms with E-state index < -0.39 is 48.0 Å². The molecule has 18 heteroatoms. The van der Waals surface area contributed by atoms with Gasteiger partial charge < -0.3 is 50.0 Å². The zero-order valence-electron chi connectivity index (χ0n) is 37.2. The van der Waals surface area contributed by atoms with Crippen LogP contribution in [0, 0.1) is 0 Å². The number of unbranched alkanes of at least 4 members (excludes halogenated alkanes) is 9. The molecule has 0 aliphatic carbocycles. The monoisotopic (exact) mass is 877 g/mol. The summed E-state index contributed by atoms with van der Waals surface area (Å²) in [5.41, 5.74) is 0.528. The number of cyclic esters (lactones) is 2. The normalized spacial score (nSPS) is 17.6.